The van der Waals surface area contributed by atoms with Crippen LogP contribution in [0, 0.1) is 5.92 Å². The lowest BCUT2D eigenvalue weighted by molar-refractivity contribution is -0.158. The van der Waals surface area contributed by atoms with E-state index in [-0.39, 0.29) is 32.2 Å². The summed E-state index contributed by atoms with van der Waals surface area (Å²) < 4.78 is 5.04. The number of hydrogen-bond acceptors (Lipinski definition) is 5. The number of rotatable bonds is 5. The van der Waals surface area contributed by atoms with Crippen LogP contribution < -0.4 is 11.1 Å². The minimum atomic E-state index is -1.12. The largest absolute Gasteiger partial charge is 0.480 e. The van der Waals surface area contributed by atoms with Crippen LogP contribution in [0.2, 0.25) is 0 Å². The van der Waals surface area contributed by atoms with Crippen molar-refractivity contribution in [1.29, 1.82) is 0 Å². The number of nitrogens with one attached hydrogen (secondary N) is 1. The van der Waals surface area contributed by atoms with Gasteiger partial charge in [0, 0.05) is 6.54 Å². The highest BCUT2D eigenvalue weighted by Crippen LogP contribution is 2.07. The topological polar surface area (TPSA) is 122 Å². The quantitative estimate of drug-likeness (QED) is 0.559. The Morgan fingerprint density at radius 2 is 2.10 bits per heavy atom. The molecule has 1 saturated heterocycles. The maximum Gasteiger partial charge on any atom is 0.328 e. The van der Waals surface area contributed by atoms with Crippen LogP contribution >= 0.6 is 0 Å². The Hall–Kier alpha value is -1.67. The van der Waals surface area contributed by atoms with E-state index in [9.17, 15) is 14.4 Å². The SMILES string of the molecule is CC(C)[C@H](N)C(=O)NCC(=O)N1CCOCC1C(=O)O. The molecule has 2 amide bonds. The third kappa shape index (κ3) is 4.17. The molecule has 4 N–H and O–H groups in total. The number of nitrogens with two attached hydrogens (primary N) is 1. The molecule has 0 aromatic rings. The molecule has 114 valence electrons. The van der Waals surface area contributed by atoms with Crippen LogP contribution in [0.15, 0.2) is 0 Å². The van der Waals surface area contributed by atoms with Gasteiger partial charge in [0.25, 0.3) is 0 Å². The molecule has 2 atom stereocenters. The zero-order valence-electron chi connectivity index (χ0n) is 11.7. The third-order valence-electron chi connectivity index (χ3n) is 3.17. The summed E-state index contributed by atoms with van der Waals surface area (Å²) in [6, 6.07) is -1.70. The molecule has 0 aromatic carbocycles. The van der Waals surface area contributed by atoms with Gasteiger partial charge in [-0.15, -0.1) is 0 Å². The molecule has 1 fully saturated rings. The molecule has 20 heavy (non-hydrogen) atoms. The molecule has 1 unspecified atom stereocenters. The summed E-state index contributed by atoms with van der Waals surface area (Å²) in [4.78, 5) is 35.8. The van der Waals surface area contributed by atoms with Gasteiger partial charge in [-0.2, -0.15) is 0 Å². The van der Waals surface area contributed by atoms with Gasteiger partial charge in [0.2, 0.25) is 11.8 Å². The summed E-state index contributed by atoms with van der Waals surface area (Å²) in [6.45, 7) is 3.78. The smallest absolute Gasteiger partial charge is 0.328 e. The van der Waals surface area contributed by atoms with Crippen molar-refractivity contribution in [3.63, 3.8) is 0 Å². The van der Waals surface area contributed by atoms with Gasteiger partial charge in [-0.1, -0.05) is 13.8 Å². The molecule has 0 bridgehead atoms. The summed E-state index contributed by atoms with van der Waals surface area (Å²) >= 11 is 0. The average Bonchev–Trinajstić information content (AvgIpc) is 2.43. The first kappa shape index (κ1) is 16.4. The Labute approximate surface area is 117 Å². The number of aliphatic carboxylic acids is 1. The highest BCUT2D eigenvalue weighted by molar-refractivity contribution is 5.89. The number of hydrogen-bond donors (Lipinski definition) is 3. The van der Waals surface area contributed by atoms with Crippen LogP contribution in [0.5, 0.6) is 0 Å². The monoisotopic (exact) mass is 287 g/mol. The van der Waals surface area contributed by atoms with Gasteiger partial charge < -0.3 is 25.8 Å². The molecule has 1 heterocycles. The normalized spacial score (nSPS) is 20.6. The molecular formula is C12H21N3O5. The molecule has 1 aliphatic heterocycles. The Kier molecular flexibility index (Phi) is 5.90. The molecule has 1 aliphatic rings. The first-order valence-corrected chi connectivity index (χ1v) is 6.48. The lowest BCUT2D eigenvalue weighted by Crippen LogP contribution is -2.56. The molecular weight excluding hydrogens is 266 g/mol. The van der Waals surface area contributed by atoms with E-state index in [2.05, 4.69) is 5.32 Å². The van der Waals surface area contributed by atoms with Gasteiger partial charge >= 0.3 is 5.97 Å². The number of carboxylic acid groups (broad SMARTS) is 1. The number of ether oxygens (including phenoxy) is 1. The van der Waals surface area contributed by atoms with E-state index in [0.717, 1.165) is 0 Å². The van der Waals surface area contributed by atoms with Crippen LogP contribution in [0.1, 0.15) is 13.8 Å². The van der Waals surface area contributed by atoms with E-state index in [1.54, 1.807) is 13.8 Å². The maximum atomic E-state index is 12.0. The van der Waals surface area contributed by atoms with E-state index >= 15 is 0 Å². The van der Waals surface area contributed by atoms with Crippen molar-refractivity contribution >= 4 is 17.8 Å². The molecule has 1 rings (SSSR count). The molecule has 0 radical (unpaired) electrons. The number of carbonyl (C=O) groups excluding carboxylic acids is 2. The van der Waals surface area contributed by atoms with Crippen molar-refractivity contribution in [2.75, 3.05) is 26.3 Å². The number of morpholine rings is 1. The van der Waals surface area contributed by atoms with Crippen LogP contribution in [0.3, 0.4) is 0 Å². The highest BCUT2D eigenvalue weighted by Gasteiger charge is 2.32. The Morgan fingerprint density at radius 1 is 1.45 bits per heavy atom. The number of nitrogens with zero attached hydrogens (tertiary/aromatic N) is 1. The van der Waals surface area contributed by atoms with E-state index in [0.29, 0.717) is 0 Å². The standard InChI is InChI=1S/C12H21N3O5/c1-7(2)10(13)11(17)14-5-9(16)15-3-4-20-6-8(15)12(18)19/h7-8,10H,3-6,13H2,1-2H3,(H,14,17)(H,18,19)/t8?,10-/m0/s1. The van der Waals surface area contributed by atoms with Crippen LogP contribution in [0.4, 0.5) is 0 Å². The second kappa shape index (κ2) is 7.20. The van der Waals surface area contributed by atoms with Crippen molar-refractivity contribution in [2.24, 2.45) is 11.7 Å². The van der Waals surface area contributed by atoms with Gasteiger partial charge in [-0.05, 0) is 5.92 Å². The zero-order chi connectivity index (χ0) is 15.3. The zero-order valence-corrected chi connectivity index (χ0v) is 11.7. The summed E-state index contributed by atoms with van der Waals surface area (Å²) in [7, 11) is 0. The summed E-state index contributed by atoms with van der Waals surface area (Å²) in [5, 5.41) is 11.4. The molecule has 0 aromatic heterocycles. The first-order chi connectivity index (χ1) is 9.34. The summed E-state index contributed by atoms with van der Waals surface area (Å²) in [6.07, 6.45) is 0. The minimum absolute atomic E-state index is 0.0411. The molecule has 8 heteroatoms. The van der Waals surface area contributed by atoms with Crippen molar-refractivity contribution in [3.8, 4) is 0 Å². The van der Waals surface area contributed by atoms with E-state index in [1.165, 1.54) is 4.90 Å². The van der Waals surface area contributed by atoms with Crippen molar-refractivity contribution in [3.05, 3.63) is 0 Å². The van der Waals surface area contributed by atoms with Gasteiger partial charge in [-0.3, -0.25) is 9.59 Å². The fraction of sp³-hybridized carbons (Fsp3) is 0.750. The number of carbonyl (C=O) groups is 3. The Morgan fingerprint density at radius 3 is 2.65 bits per heavy atom. The maximum absolute atomic E-state index is 12.0. The minimum Gasteiger partial charge on any atom is -0.480 e. The van der Waals surface area contributed by atoms with Crippen LogP contribution in [-0.4, -0.2) is 66.2 Å². The van der Waals surface area contributed by atoms with E-state index in [4.69, 9.17) is 15.6 Å². The van der Waals surface area contributed by atoms with Gasteiger partial charge in [0.15, 0.2) is 6.04 Å². The van der Waals surface area contributed by atoms with Gasteiger partial charge in [-0.25, -0.2) is 4.79 Å². The van der Waals surface area contributed by atoms with Crippen LogP contribution in [-0.2, 0) is 19.1 Å². The fourth-order valence-electron chi connectivity index (χ4n) is 1.79. The van der Waals surface area contributed by atoms with E-state index in [1.807, 2.05) is 0 Å². The predicted molar refractivity (Wildman–Crippen MR) is 69.8 cm³/mol. The lowest BCUT2D eigenvalue weighted by atomic mass is 10.1. The summed E-state index contributed by atoms with van der Waals surface area (Å²) in [5.74, 6) is -2.04. The molecule has 0 saturated carbocycles. The number of amides is 2. The number of carboxylic acids is 1. The molecule has 8 nitrogen and oxygen atoms in total. The van der Waals surface area contributed by atoms with Crippen molar-refractivity contribution in [2.45, 2.75) is 25.9 Å². The second-order valence-corrected chi connectivity index (χ2v) is 5.00. The van der Waals surface area contributed by atoms with Crippen molar-refractivity contribution < 1.29 is 24.2 Å². The van der Waals surface area contributed by atoms with Crippen LogP contribution in [0.25, 0.3) is 0 Å². The third-order valence-corrected chi connectivity index (χ3v) is 3.17. The Balaban J connectivity index is 2.53. The second-order valence-electron chi connectivity index (χ2n) is 5.00. The Bertz CT molecular complexity index is 385. The molecule has 0 spiro atoms. The van der Waals surface area contributed by atoms with Gasteiger partial charge in [0.1, 0.15) is 0 Å². The highest BCUT2D eigenvalue weighted by atomic mass is 16.5. The average molecular weight is 287 g/mol. The predicted octanol–water partition coefficient (Wildman–Crippen LogP) is -1.60. The fourth-order valence-corrected chi connectivity index (χ4v) is 1.79. The molecule has 0 aliphatic carbocycles. The summed E-state index contributed by atoms with van der Waals surface area (Å²) in [5.41, 5.74) is 5.65. The van der Waals surface area contributed by atoms with Crippen molar-refractivity contribution in [1.82, 2.24) is 10.2 Å². The van der Waals surface area contributed by atoms with E-state index < -0.39 is 29.9 Å². The van der Waals surface area contributed by atoms with Gasteiger partial charge in [0.05, 0.1) is 25.8 Å². The lowest BCUT2D eigenvalue weighted by Gasteiger charge is -2.33. The first-order valence-electron chi connectivity index (χ1n) is 6.48.